The number of benzene rings is 1. The van der Waals surface area contributed by atoms with Crippen molar-refractivity contribution in [2.45, 2.75) is 31.4 Å². The molecule has 2 nitrogen and oxygen atoms in total. The molecular weight excluding hydrogens is 332 g/mol. The first-order chi connectivity index (χ1) is 11.4. The topological polar surface area (TPSA) is 30.0 Å². The molecule has 0 spiro atoms. The second kappa shape index (κ2) is 6.44. The van der Waals surface area contributed by atoms with Crippen molar-refractivity contribution in [1.82, 2.24) is 4.98 Å². The summed E-state index contributed by atoms with van der Waals surface area (Å²) in [6.45, 7) is 3.90. The lowest BCUT2D eigenvalue weighted by Gasteiger charge is -2.31. The number of alkyl halides is 1. The van der Waals surface area contributed by atoms with Gasteiger partial charge in [-0.1, -0.05) is 30.3 Å². The molecule has 0 N–H and O–H groups in total. The van der Waals surface area contributed by atoms with Gasteiger partial charge in [-0.05, 0) is 48.6 Å². The lowest BCUT2D eigenvalue weighted by atomic mass is 9.77. The molecule has 1 aromatic carbocycles. The number of carbonyl (C=O) groups is 1. The number of carbonyl (C=O) groups excluding carboxylic acids is 1. The largest absolute Gasteiger partial charge is 0.296 e. The lowest BCUT2D eigenvalue weighted by molar-refractivity contribution is -0.131. The van der Waals surface area contributed by atoms with Gasteiger partial charge in [-0.2, -0.15) is 0 Å². The molecule has 0 unspecified atom stereocenters. The number of halogens is 3. The highest BCUT2D eigenvalue weighted by molar-refractivity contribution is 6.31. The smallest absolute Gasteiger partial charge is 0.196 e. The zero-order valence-corrected chi connectivity index (χ0v) is 13.7. The van der Waals surface area contributed by atoms with Crippen LogP contribution in [0.5, 0.6) is 0 Å². The number of Topliss-reactive ketones (excluding diaryl/α,β-unsaturated/α-hetero) is 1. The summed E-state index contributed by atoms with van der Waals surface area (Å²) >= 11 is 5.97. The Bertz CT molecular complexity index is 821. The maximum absolute atomic E-state index is 15.5. The average Bonchev–Trinajstić information content (AvgIpc) is 2.57. The van der Waals surface area contributed by atoms with Crippen LogP contribution in [0.25, 0.3) is 5.57 Å². The van der Waals surface area contributed by atoms with Gasteiger partial charge < -0.3 is 0 Å². The van der Waals surface area contributed by atoms with Crippen LogP contribution >= 0.6 is 11.6 Å². The van der Waals surface area contributed by atoms with Crippen LogP contribution in [0.15, 0.2) is 43.1 Å². The summed E-state index contributed by atoms with van der Waals surface area (Å²) in [4.78, 5) is 16.8. The summed E-state index contributed by atoms with van der Waals surface area (Å²) in [5, 5.41) is 0.245. The Morgan fingerprint density at radius 1 is 1.38 bits per heavy atom. The molecule has 24 heavy (non-hydrogen) atoms. The van der Waals surface area contributed by atoms with Gasteiger partial charge in [-0.15, -0.1) is 0 Å². The quantitative estimate of drug-likeness (QED) is 0.774. The minimum Gasteiger partial charge on any atom is -0.296 e. The van der Waals surface area contributed by atoms with E-state index in [4.69, 9.17) is 11.6 Å². The zero-order chi connectivity index (χ0) is 17.3. The highest BCUT2D eigenvalue weighted by Crippen LogP contribution is 2.43. The maximum atomic E-state index is 15.5. The number of hydrogen-bond donors (Lipinski definition) is 0. The van der Waals surface area contributed by atoms with E-state index in [0.717, 1.165) is 5.57 Å². The molecule has 0 radical (unpaired) electrons. The van der Waals surface area contributed by atoms with Crippen molar-refractivity contribution < 1.29 is 13.6 Å². The van der Waals surface area contributed by atoms with E-state index in [9.17, 15) is 9.18 Å². The van der Waals surface area contributed by atoms with Crippen LogP contribution in [0.3, 0.4) is 0 Å². The number of aryl methyl sites for hydroxylation is 1. The normalized spacial score (nSPS) is 19.9. The first-order valence-corrected chi connectivity index (χ1v) is 8.09. The Labute approximate surface area is 144 Å². The fourth-order valence-corrected chi connectivity index (χ4v) is 3.31. The number of nitrogens with zero attached hydrogens (tertiary/aromatic N) is 1. The molecule has 0 bridgehead atoms. The second-order valence-electron chi connectivity index (χ2n) is 5.96. The van der Waals surface area contributed by atoms with E-state index in [1.165, 1.54) is 18.2 Å². The van der Waals surface area contributed by atoms with Crippen LogP contribution < -0.4 is 0 Å². The van der Waals surface area contributed by atoms with E-state index < -0.39 is 17.3 Å². The SMILES string of the molecule is C=C1CC[C@@](F)(C(=O)CCc2ccc(F)cc2Cl)c2cccnc21. The van der Waals surface area contributed by atoms with Gasteiger partial charge >= 0.3 is 0 Å². The molecular formula is C19H16ClF2NO. The van der Waals surface area contributed by atoms with Crippen molar-refractivity contribution in [3.05, 3.63) is 70.8 Å². The van der Waals surface area contributed by atoms with Gasteiger partial charge in [0.15, 0.2) is 11.5 Å². The van der Waals surface area contributed by atoms with Gasteiger partial charge in [-0.3, -0.25) is 9.78 Å². The molecule has 0 saturated heterocycles. The standard InChI is InChI=1S/C19H16ClF2NO/c1-12-8-9-19(22,15-3-2-10-23-18(12)15)17(24)7-5-13-4-6-14(21)11-16(13)20/h2-4,6,10-11H,1,5,7-9H2/t19-/m0/s1. The van der Waals surface area contributed by atoms with Gasteiger partial charge in [0, 0.05) is 23.2 Å². The van der Waals surface area contributed by atoms with E-state index in [1.807, 2.05) is 0 Å². The molecule has 1 atom stereocenters. The summed E-state index contributed by atoms with van der Waals surface area (Å²) in [7, 11) is 0. The average molecular weight is 348 g/mol. The molecule has 0 fully saturated rings. The second-order valence-corrected chi connectivity index (χ2v) is 6.37. The lowest BCUT2D eigenvalue weighted by Crippen LogP contribution is -2.35. The van der Waals surface area contributed by atoms with Gasteiger partial charge in [0.1, 0.15) is 5.82 Å². The number of aromatic nitrogens is 1. The van der Waals surface area contributed by atoms with Gasteiger partial charge in [0.2, 0.25) is 0 Å². The van der Waals surface area contributed by atoms with Crippen LogP contribution in [0.4, 0.5) is 8.78 Å². The molecule has 0 saturated carbocycles. The first kappa shape index (κ1) is 16.8. The number of rotatable bonds is 4. The molecule has 1 aliphatic carbocycles. The van der Waals surface area contributed by atoms with Crippen molar-refractivity contribution in [3.63, 3.8) is 0 Å². The fourth-order valence-electron chi connectivity index (χ4n) is 3.04. The molecule has 0 amide bonds. The molecule has 3 rings (SSSR count). The molecule has 0 aliphatic heterocycles. The number of fused-ring (bicyclic) bond motifs is 1. The summed E-state index contributed by atoms with van der Waals surface area (Å²) < 4.78 is 28.5. The third-order valence-electron chi connectivity index (χ3n) is 4.42. The van der Waals surface area contributed by atoms with Crippen LogP contribution in [0.1, 0.15) is 36.1 Å². The van der Waals surface area contributed by atoms with E-state index in [1.54, 1.807) is 18.3 Å². The molecule has 2 aromatic rings. The Kier molecular flexibility index (Phi) is 4.50. The van der Waals surface area contributed by atoms with Crippen molar-refractivity contribution >= 4 is 23.0 Å². The zero-order valence-electron chi connectivity index (χ0n) is 13.0. The Morgan fingerprint density at radius 2 is 2.17 bits per heavy atom. The summed E-state index contributed by atoms with van der Waals surface area (Å²) in [6.07, 6.45) is 2.28. The minimum absolute atomic E-state index is 0.0112. The molecule has 1 heterocycles. The van der Waals surface area contributed by atoms with Crippen LogP contribution in [-0.4, -0.2) is 10.8 Å². The third-order valence-corrected chi connectivity index (χ3v) is 4.77. The van der Waals surface area contributed by atoms with Crippen LogP contribution in [0, 0.1) is 5.82 Å². The fraction of sp³-hybridized carbons (Fsp3) is 0.263. The van der Waals surface area contributed by atoms with Crippen LogP contribution in [-0.2, 0) is 16.9 Å². The first-order valence-electron chi connectivity index (χ1n) is 7.71. The Balaban J connectivity index is 1.82. The summed E-state index contributed by atoms with van der Waals surface area (Å²) in [6, 6.07) is 7.20. The van der Waals surface area contributed by atoms with Crippen LogP contribution in [0.2, 0.25) is 5.02 Å². The van der Waals surface area contributed by atoms with Gasteiger partial charge in [0.25, 0.3) is 0 Å². The van der Waals surface area contributed by atoms with Gasteiger partial charge in [0.05, 0.1) is 5.69 Å². The Morgan fingerprint density at radius 3 is 2.92 bits per heavy atom. The van der Waals surface area contributed by atoms with Gasteiger partial charge in [-0.25, -0.2) is 8.78 Å². The number of hydrogen-bond acceptors (Lipinski definition) is 2. The van der Waals surface area contributed by atoms with E-state index in [2.05, 4.69) is 11.6 Å². The maximum Gasteiger partial charge on any atom is 0.196 e. The van der Waals surface area contributed by atoms with Crippen molar-refractivity contribution in [2.75, 3.05) is 0 Å². The molecule has 1 aliphatic rings. The Hall–Kier alpha value is -2.07. The highest BCUT2D eigenvalue weighted by atomic mass is 35.5. The van der Waals surface area contributed by atoms with Crippen molar-refractivity contribution in [1.29, 1.82) is 0 Å². The molecule has 1 aromatic heterocycles. The summed E-state index contributed by atoms with van der Waals surface area (Å²) in [5.74, 6) is -0.951. The monoisotopic (exact) mass is 347 g/mol. The van der Waals surface area contributed by atoms with Crippen molar-refractivity contribution in [2.24, 2.45) is 0 Å². The number of pyridine rings is 1. The number of ketones is 1. The van der Waals surface area contributed by atoms with E-state index >= 15 is 4.39 Å². The summed E-state index contributed by atoms with van der Waals surface area (Å²) in [5.41, 5.74) is 0.0721. The molecule has 124 valence electrons. The predicted molar refractivity (Wildman–Crippen MR) is 90.0 cm³/mol. The van der Waals surface area contributed by atoms with E-state index in [-0.39, 0.29) is 29.8 Å². The number of allylic oxidation sites excluding steroid dienone is 1. The third kappa shape index (κ3) is 2.98. The minimum atomic E-state index is -2.06. The van der Waals surface area contributed by atoms with E-state index in [0.29, 0.717) is 17.7 Å². The predicted octanol–water partition coefficient (Wildman–Crippen LogP) is 5.05. The molecule has 5 heteroatoms. The van der Waals surface area contributed by atoms with Crippen molar-refractivity contribution in [3.8, 4) is 0 Å². The highest BCUT2D eigenvalue weighted by Gasteiger charge is 2.44.